The summed E-state index contributed by atoms with van der Waals surface area (Å²) in [6, 6.07) is 0. The van der Waals surface area contributed by atoms with Crippen molar-refractivity contribution < 1.29 is 19.0 Å². The molecular weight excluding hydrogens is 184 g/mol. The number of ether oxygens (including phenoxy) is 3. The first-order valence-corrected chi connectivity index (χ1v) is 5.07. The Kier molecular flexibility index (Phi) is 8.57. The van der Waals surface area contributed by atoms with Gasteiger partial charge in [0.15, 0.2) is 0 Å². The quantitative estimate of drug-likeness (QED) is 0.343. The van der Waals surface area contributed by atoms with Crippen molar-refractivity contribution in [1.29, 1.82) is 0 Å². The standard InChI is InChI=1S/C10H20O4/c1-4-6-7-12-8-10(13-5-2)14-9(3)11/h10H,4-8H2,1-3H3. The number of unbranched alkanes of at least 4 members (excludes halogenated alkanes) is 1. The molecule has 1 atom stereocenters. The molecule has 0 aliphatic carbocycles. The van der Waals surface area contributed by atoms with Crippen LogP contribution in [0.4, 0.5) is 0 Å². The molecule has 0 N–H and O–H groups in total. The van der Waals surface area contributed by atoms with E-state index in [-0.39, 0.29) is 5.97 Å². The van der Waals surface area contributed by atoms with Gasteiger partial charge >= 0.3 is 5.97 Å². The molecule has 0 saturated heterocycles. The van der Waals surface area contributed by atoms with Gasteiger partial charge in [-0.25, -0.2) is 0 Å². The maximum absolute atomic E-state index is 10.7. The van der Waals surface area contributed by atoms with Gasteiger partial charge in [0, 0.05) is 20.1 Å². The molecule has 14 heavy (non-hydrogen) atoms. The Morgan fingerprint density at radius 3 is 2.57 bits per heavy atom. The molecule has 0 heterocycles. The zero-order valence-electron chi connectivity index (χ0n) is 9.25. The highest BCUT2D eigenvalue weighted by Gasteiger charge is 2.11. The highest BCUT2D eigenvalue weighted by molar-refractivity contribution is 5.66. The van der Waals surface area contributed by atoms with Crippen LogP contribution in [0, 0.1) is 0 Å². The third-order valence-electron chi connectivity index (χ3n) is 1.55. The van der Waals surface area contributed by atoms with E-state index in [9.17, 15) is 4.79 Å². The van der Waals surface area contributed by atoms with Gasteiger partial charge in [-0.2, -0.15) is 0 Å². The zero-order valence-corrected chi connectivity index (χ0v) is 9.25. The van der Waals surface area contributed by atoms with Crippen molar-refractivity contribution >= 4 is 5.97 Å². The van der Waals surface area contributed by atoms with Crippen LogP contribution in [0.25, 0.3) is 0 Å². The molecule has 0 aromatic carbocycles. The highest BCUT2D eigenvalue weighted by atomic mass is 16.7. The lowest BCUT2D eigenvalue weighted by Gasteiger charge is -2.16. The molecule has 0 bridgehead atoms. The predicted octanol–water partition coefficient (Wildman–Crippen LogP) is 1.73. The molecule has 4 heteroatoms. The second-order valence-electron chi connectivity index (χ2n) is 2.92. The van der Waals surface area contributed by atoms with Gasteiger partial charge < -0.3 is 14.2 Å². The SMILES string of the molecule is CCCCOCC(OCC)OC(C)=O. The van der Waals surface area contributed by atoms with Gasteiger partial charge in [-0.3, -0.25) is 4.79 Å². The molecule has 4 nitrogen and oxygen atoms in total. The van der Waals surface area contributed by atoms with Crippen LogP contribution in [-0.2, 0) is 19.0 Å². The van der Waals surface area contributed by atoms with Crippen LogP contribution in [0.15, 0.2) is 0 Å². The lowest BCUT2D eigenvalue weighted by Crippen LogP contribution is -2.25. The van der Waals surface area contributed by atoms with Gasteiger partial charge in [0.05, 0.1) is 0 Å². The number of rotatable bonds is 8. The average Bonchev–Trinajstić information content (AvgIpc) is 2.12. The summed E-state index contributed by atoms with van der Waals surface area (Å²) in [5.41, 5.74) is 0. The molecule has 0 saturated carbocycles. The van der Waals surface area contributed by atoms with Crippen molar-refractivity contribution in [2.45, 2.75) is 39.9 Å². The van der Waals surface area contributed by atoms with Crippen molar-refractivity contribution in [3.8, 4) is 0 Å². The molecular formula is C10H20O4. The van der Waals surface area contributed by atoms with Gasteiger partial charge in [0.1, 0.15) is 6.61 Å². The summed E-state index contributed by atoms with van der Waals surface area (Å²) < 4.78 is 15.3. The van der Waals surface area contributed by atoms with Crippen molar-refractivity contribution in [3.63, 3.8) is 0 Å². The van der Waals surface area contributed by atoms with Crippen LogP contribution in [0.2, 0.25) is 0 Å². The highest BCUT2D eigenvalue weighted by Crippen LogP contribution is 1.98. The minimum atomic E-state index is -0.561. The molecule has 0 spiro atoms. The summed E-state index contributed by atoms with van der Waals surface area (Å²) in [5, 5.41) is 0. The van der Waals surface area contributed by atoms with Crippen LogP contribution in [0.1, 0.15) is 33.6 Å². The Morgan fingerprint density at radius 1 is 1.36 bits per heavy atom. The van der Waals surface area contributed by atoms with Crippen molar-refractivity contribution in [3.05, 3.63) is 0 Å². The molecule has 0 fully saturated rings. The van der Waals surface area contributed by atoms with Gasteiger partial charge in [0.2, 0.25) is 6.29 Å². The van der Waals surface area contributed by atoms with Gasteiger partial charge in [-0.1, -0.05) is 13.3 Å². The number of hydrogen-bond donors (Lipinski definition) is 0. The topological polar surface area (TPSA) is 44.8 Å². The largest absolute Gasteiger partial charge is 0.433 e. The molecule has 1 unspecified atom stereocenters. The Hall–Kier alpha value is -0.610. The summed E-state index contributed by atoms with van der Waals surface area (Å²) in [6.07, 6.45) is 1.54. The fraction of sp³-hybridized carbons (Fsp3) is 0.900. The molecule has 0 radical (unpaired) electrons. The average molecular weight is 204 g/mol. The summed E-state index contributed by atoms with van der Waals surface area (Å²) in [4.78, 5) is 10.7. The lowest BCUT2D eigenvalue weighted by atomic mass is 10.4. The molecule has 0 aromatic rings. The van der Waals surface area contributed by atoms with Crippen LogP contribution in [0.3, 0.4) is 0 Å². The normalized spacial score (nSPS) is 12.5. The van der Waals surface area contributed by atoms with Gasteiger partial charge in [-0.05, 0) is 13.3 Å². The first-order chi connectivity index (χ1) is 6.70. The molecule has 0 aliphatic heterocycles. The second kappa shape index (κ2) is 8.97. The van der Waals surface area contributed by atoms with E-state index in [1.165, 1.54) is 6.92 Å². The fourth-order valence-electron chi connectivity index (χ4n) is 0.913. The minimum absolute atomic E-state index is 0.313. The summed E-state index contributed by atoms with van der Waals surface area (Å²) in [5.74, 6) is -0.345. The van der Waals surface area contributed by atoms with Crippen LogP contribution in [-0.4, -0.2) is 32.1 Å². The number of hydrogen-bond acceptors (Lipinski definition) is 4. The third-order valence-corrected chi connectivity index (χ3v) is 1.55. The molecule has 0 aromatic heterocycles. The van der Waals surface area contributed by atoms with Crippen LogP contribution < -0.4 is 0 Å². The molecule has 0 aliphatic rings. The summed E-state index contributed by atoms with van der Waals surface area (Å²) >= 11 is 0. The van der Waals surface area contributed by atoms with Crippen LogP contribution in [0.5, 0.6) is 0 Å². The Labute approximate surface area is 85.5 Å². The van der Waals surface area contributed by atoms with Gasteiger partial charge in [-0.15, -0.1) is 0 Å². The summed E-state index contributed by atoms with van der Waals surface area (Å²) in [6.45, 7) is 6.81. The first kappa shape index (κ1) is 13.4. The molecule has 84 valence electrons. The Morgan fingerprint density at radius 2 is 2.07 bits per heavy atom. The van der Waals surface area contributed by atoms with Crippen molar-refractivity contribution in [1.82, 2.24) is 0 Å². The van der Waals surface area contributed by atoms with Crippen molar-refractivity contribution in [2.24, 2.45) is 0 Å². The smallest absolute Gasteiger partial charge is 0.305 e. The molecule has 0 rings (SSSR count). The zero-order chi connectivity index (χ0) is 10.8. The maximum atomic E-state index is 10.7. The summed E-state index contributed by atoms with van der Waals surface area (Å²) in [7, 11) is 0. The van der Waals surface area contributed by atoms with E-state index in [1.807, 2.05) is 6.92 Å². The predicted molar refractivity (Wildman–Crippen MR) is 52.9 cm³/mol. The van der Waals surface area contributed by atoms with E-state index >= 15 is 0 Å². The number of esters is 1. The third kappa shape index (κ3) is 8.01. The van der Waals surface area contributed by atoms with Crippen molar-refractivity contribution in [2.75, 3.05) is 19.8 Å². The van der Waals surface area contributed by atoms with E-state index in [1.54, 1.807) is 0 Å². The first-order valence-electron chi connectivity index (χ1n) is 5.07. The van der Waals surface area contributed by atoms with E-state index in [0.717, 1.165) is 12.8 Å². The van der Waals surface area contributed by atoms with Crippen LogP contribution >= 0.6 is 0 Å². The van der Waals surface area contributed by atoms with E-state index in [2.05, 4.69) is 6.92 Å². The number of carbonyl (C=O) groups is 1. The second-order valence-corrected chi connectivity index (χ2v) is 2.92. The maximum Gasteiger partial charge on any atom is 0.305 e. The fourth-order valence-corrected chi connectivity index (χ4v) is 0.913. The van der Waals surface area contributed by atoms with E-state index in [0.29, 0.717) is 19.8 Å². The minimum Gasteiger partial charge on any atom is -0.433 e. The lowest BCUT2D eigenvalue weighted by molar-refractivity contribution is -0.187. The van der Waals surface area contributed by atoms with E-state index < -0.39 is 6.29 Å². The monoisotopic (exact) mass is 204 g/mol. The van der Waals surface area contributed by atoms with E-state index in [4.69, 9.17) is 14.2 Å². The Bertz CT molecular complexity index is 147. The van der Waals surface area contributed by atoms with Gasteiger partial charge in [0.25, 0.3) is 0 Å². The Balaban J connectivity index is 3.56. The molecule has 0 amide bonds. The number of carbonyl (C=O) groups excluding carboxylic acids is 1.